The molecule has 0 amide bonds. The zero-order valence-corrected chi connectivity index (χ0v) is 10.0. The lowest BCUT2D eigenvalue weighted by molar-refractivity contribution is 0.0958. The van der Waals surface area contributed by atoms with Crippen molar-refractivity contribution in [1.29, 1.82) is 0 Å². The van der Waals surface area contributed by atoms with Crippen LogP contribution in [0.3, 0.4) is 0 Å². The van der Waals surface area contributed by atoms with Crippen LogP contribution in [-0.4, -0.2) is 22.4 Å². The van der Waals surface area contributed by atoms with Gasteiger partial charge in [-0.15, -0.1) is 0 Å². The Kier molecular flexibility index (Phi) is 7.20. The van der Waals surface area contributed by atoms with E-state index in [1.165, 1.54) is 0 Å². The Bertz CT molecular complexity index is 134. The van der Waals surface area contributed by atoms with Crippen molar-refractivity contribution >= 4 is 0 Å². The molecule has 86 valence electrons. The van der Waals surface area contributed by atoms with Crippen LogP contribution in [0.25, 0.3) is 0 Å². The molecule has 2 N–H and O–H groups in total. The predicted molar refractivity (Wildman–Crippen MR) is 60.2 cm³/mol. The maximum Gasteiger partial charge on any atom is 0.0563 e. The van der Waals surface area contributed by atoms with Crippen molar-refractivity contribution in [2.24, 2.45) is 11.8 Å². The highest BCUT2D eigenvalue weighted by atomic mass is 16.3. The minimum absolute atomic E-state index is 0.163. The highest BCUT2D eigenvalue weighted by Gasteiger charge is 2.15. The van der Waals surface area contributed by atoms with Crippen LogP contribution in [0.15, 0.2) is 0 Å². The van der Waals surface area contributed by atoms with Gasteiger partial charge in [-0.05, 0) is 44.4 Å². The topological polar surface area (TPSA) is 40.5 Å². The monoisotopic (exact) mass is 202 g/mol. The molecule has 4 atom stereocenters. The zero-order valence-electron chi connectivity index (χ0n) is 10.0. The van der Waals surface area contributed by atoms with E-state index in [1.807, 2.05) is 13.8 Å². The number of aliphatic hydroxyl groups is 2. The first-order chi connectivity index (χ1) is 6.47. The summed E-state index contributed by atoms with van der Waals surface area (Å²) in [7, 11) is 0. The minimum atomic E-state index is -0.191. The lowest BCUT2D eigenvalue weighted by Crippen LogP contribution is -2.19. The van der Waals surface area contributed by atoms with E-state index in [0.717, 1.165) is 25.7 Å². The van der Waals surface area contributed by atoms with Crippen LogP contribution in [0.2, 0.25) is 0 Å². The molecule has 0 aliphatic carbocycles. The molecule has 0 aromatic rings. The summed E-state index contributed by atoms with van der Waals surface area (Å²) < 4.78 is 0. The highest BCUT2D eigenvalue weighted by molar-refractivity contribution is 4.67. The lowest BCUT2D eigenvalue weighted by atomic mass is 9.89. The molecule has 0 spiro atoms. The van der Waals surface area contributed by atoms with Gasteiger partial charge < -0.3 is 10.2 Å². The molecule has 0 aromatic carbocycles. The third-order valence-corrected chi connectivity index (χ3v) is 2.93. The van der Waals surface area contributed by atoms with E-state index in [1.54, 1.807) is 0 Å². The van der Waals surface area contributed by atoms with Crippen LogP contribution in [0.5, 0.6) is 0 Å². The molecule has 0 heterocycles. The van der Waals surface area contributed by atoms with E-state index in [9.17, 15) is 5.11 Å². The average molecular weight is 202 g/mol. The molecule has 0 saturated carbocycles. The normalized spacial score (nSPS) is 20.1. The molecule has 0 aliphatic heterocycles. The summed E-state index contributed by atoms with van der Waals surface area (Å²) in [5, 5.41) is 18.7. The van der Waals surface area contributed by atoms with Crippen molar-refractivity contribution in [3.63, 3.8) is 0 Å². The summed E-state index contributed by atoms with van der Waals surface area (Å²) in [4.78, 5) is 0. The summed E-state index contributed by atoms with van der Waals surface area (Å²) in [6.07, 6.45) is 3.47. The first kappa shape index (κ1) is 13.9. The molecule has 0 aliphatic rings. The van der Waals surface area contributed by atoms with Gasteiger partial charge in [0, 0.05) is 0 Å². The Hall–Kier alpha value is -0.0800. The SMILES string of the molecule is CCC(O)C(C)CC(C)CCC(C)O. The third kappa shape index (κ3) is 6.39. The Morgan fingerprint density at radius 3 is 2.00 bits per heavy atom. The largest absolute Gasteiger partial charge is 0.393 e. The second-order valence-corrected chi connectivity index (χ2v) is 4.72. The Morgan fingerprint density at radius 1 is 1.00 bits per heavy atom. The summed E-state index contributed by atoms with van der Waals surface area (Å²) in [6.45, 7) is 8.15. The lowest BCUT2D eigenvalue weighted by Gasteiger charge is -2.21. The number of aliphatic hydroxyl groups excluding tert-OH is 2. The second-order valence-electron chi connectivity index (χ2n) is 4.72. The second kappa shape index (κ2) is 7.24. The standard InChI is InChI=1S/C12H26O2/c1-5-12(14)10(3)8-9(2)6-7-11(4)13/h9-14H,5-8H2,1-4H3. The molecule has 2 nitrogen and oxygen atoms in total. The smallest absolute Gasteiger partial charge is 0.0563 e. The fourth-order valence-electron chi connectivity index (χ4n) is 1.84. The van der Waals surface area contributed by atoms with Gasteiger partial charge in [-0.2, -0.15) is 0 Å². The van der Waals surface area contributed by atoms with E-state index in [-0.39, 0.29) is 12.2 Å². The van der Waals surface area contributed by atoms with Crippen LogP contribution >= 0.6 is 0 Å². The van der Waals surface area contributed by atoms with E-state index < -0.39 is 0 Å². The minimum Gasteiger partial charge on any atom is -0.393 e. The first-order valence-electron chi connectivity index (χ1n) is 5.83. The quantitative estimate of drug-likeness (QED) is 0.666. The molecule has 0 rings (SSSR count). The van der Waals surface area contributed by atoms with Gasteiger partial charge in [-0.1, -0.05) is 20.8 Å². The Labute approximate surface area is 88.3 Å². The van der Waals surface area contributed by atoms with Crippen molar-refractivity contribution in [2.75, 3.05) is 0 Å². The van der Waals surface area contributed by atoms with Crippen LogP contribution in [0, 0.1) is 11.8 Å². The molecule has 0 saturated heterocycles. The van der Waals surface area contributed by atoms with Gasteiger partial charge in [0.05, 0.1) is 12.2 Å². The Balaban J connectivity index is 3.65. The van der Waals surface area contributed by atoms with Gasteiger partial charge in [-0.3, -0.25) is 0 Å². The molecule has 0 radical (unpaired) electrons. The molecule has 0 fully saturated rings. The molecular weight excluding hydrogens is 176 g/mol. The van der Waals surface area contributed by atoms with E-state index in [4.69, 9.17) is 5.11 Å². The molecule has 2 heteroatoms. The molecule has 0 aromatic heterocycles. The maximum atomic E-state index is 9.60. The van der Waals surface area contributed by atoms with E-state index >= 15 is 0 Å². The van der Waals surface area contributed by atoms with Gasteiger partial charge in [0.15, 0.2) is 0 Å². The molecule has 14 heavy (non-hydrogen) atoms. The first-order valence-corrected chi connectivity index (χ1v) is 5.83. The highest BCUT2D eigenvalue weighted by Crippen LogP contribution is 2.21. The fraction of sp³-hybridized carbons (Fsp3) is 1.00. The van der Waals surface area contributed by atoms with Crippen molar-refractivity contribution in [2.45, 2.75) is 65.6 Å². The summed E-state index contributed by atoms with van der Waals surface area (Å²) in [6, 6.07) is 0. The van der Waals surface area contributed by atoms with Crippen LogP contribution < -0.4 is 0 Å². The van der Waals surface area contributed by atoms with Crippen LogP contribution in [0.4, 0.5) is 0 Å². The maximum absolute atomic E-state index is 9.60. The van der Waals surface area contributed by atoms with Gasteiger partial charge in [-0.25, -0.2) is 0 Å². The van der Waals surface area contributed by atoms with Gasteiger partial charge in [0.2, 0.25) is 0 Å². The number of rotatable bonds is 7. The van der Waals surface area contributed by atoms with Gasteiger partial charge >= 0.3 is 0 Å². The predicted octanol–water partition coefficient (Wildman–Crippen LogP) is 2.58. The Morgan fingerprint density at radius 2 is 1.57 bits per heavy atom. The van der Waals surface area contributed by atoms with E-state index in [0.29, 0.717) is 11.8 Å². The van der Waals surface area contributed by atoms with E-state index in [2.05, 4.69) is 13.8 Å². The zero-order chi connectivity index (χ0) is 11.1. The van der Waals surface area contributed by atoms with Gasteiger partial charge in [0.1, 0.15) is 0 Å². The summed E-state index contributed by atoms with van der Waals surface area (Å²) in [5.41, 5.74) is 0. The van der Waals surface area contributed by atoms with Gasteiger partial charge in [0.25, 0.3) is 0 Å². The van der Waals surface area contributed by atoms with Crippen molar-refractivity contribution in [1.82, 2.24) is 0 Å². The number of hydrogen-bond acceptors (Lipinski definition) is 2. The summed E-state index contributed by atoms with van der Waals surface area (Å²) >= 11 is 0. The average Bonchev–Trinajstić information content (AvgIpc) is 2.13. The van der Waals surface area contributed by atoms with Crippen LogP contribution in [0.1, 0.15) is 53.4 Å². The van der Waals surface area contributed by atoms with Crippen LogP contribution in [-0.2, 0) is 0 Å². The van der Waals surface area contributed by atoms with Crippen molar-refractivity contribution in [3.8, 4) is 0 Å². The summed E-state index contributed by atoms with van der Waals surface area (Å²) in [5.74, 6) is 0.977. The fourth-order valence-corrected chi connectivity index (χ4v) is 1.84. The third-order valence-electron chi connectivity index (χ3n) is 2.93. The van der Waals surface area contributed by atoms with Crippen molar-refractivity contribution in [3.05, 3.63) is 0 Å². The molecular formula is C12H26O2. The molecule has 0 bridgehead atoms. The van der Waals surface area contributed by atoms with Crippen molar-refractivity contribution < 1.29 is 10.2 Å². The number of hydrogen-bond donors (Lipinski definition) is 2. The molecule has 4 unspecified atom stereocenters.